The van der Waals surface area contributed by atoms with E-state index in [9.17, 15) is 0 Å². The van der Waals surface area contributed by atoms with Crippen LogP contribution in [0.1, 0.15) is 19.3 Å². The van der Waals surface area contributed by atoms with Gasteiger partial charge in [-0.25, -0.2) is 0 Å². The van der Waals surface area contributed by atoms with E-state index < -0.39 is 0 Å². The number of hydrogen-bond acceptors (Lipinski definition) is 3. The molecule has 1 atom stereocenters. The summed E-state index contributed by atoms with van der Waals surface area (Å²) in [4.78, 5) is 0. The van der Waals surface area contributed by atoms with Crippen LogP contribution in [0.4, 0.5) is 0 Å². The Labute approximate surface area is 72.9 Å². The highest BCUT2D eigenvalue weighted by Crippen LogP contribution is 2.20. The van der Waals surface area contributed by atoms with E-state index in [-0.39, 0.29) is 0 Å². The van der Waals surface area contributed by atoms with Gasteiger partial charge in [0.1, 0.15) is 0 Å². The quantitative estimate of drug-likeness (QED) is 0.653. The van der Waals surface area contributed by atoms with Gasteiger partial charge in [-0.2, -0.15) is 11.8 Å². The maximum absolute atomic E-state index is 5.40. The van der Waals surface area contributed by atoms with Gasteiger partial charge >= 0.3 is 0 Å². The van der Waals surface area contributed by atoms with Crippen molar-refractivity contribution in [2.75, 3.05) is 25.5 Å². The summed E-state index contributed by atoms with van der Waals surface area (Å²) in [5, 5.41) is 0.746. The first-order valence-electron chi connectivity index (χ1n) is 4.33. The monoisotopic (exact) mass is 175 g/mol. The molecule has 2 N–H and O–H groups in total. The van der Waals surface area contributed by atoms with Crippen LogP contribution >= 0.6 is 11.8 Å². The van der Waals surface area contributed by atoms with Crippen molar-refractivity contribution in [1.29, 1.82) is 0 Å². The van der Waals surface area contributed by atoms with E-state index in [1.54, 1.807) is 0 Å². The van der Waals surface area contributed by atoms with Gasteiger partial charge in [0.15, 0.2) is 0 Å². The van der Waals surface area contributed by atoms with E-state index in [0.717, 1.165) is 31.4 Å². The van der Waals surface area contributed by atoms with Crippen LogP contribution in [0, 0.1) is 0 Å². The van der Waals surface area contributed by atoms with E-state index >= 15 is 0 Å². The Morgan fingerprint density at radius 3 is 3.09 bits per heavy atom. The summed E-state index contributed by atoms with van der Waals surface area (Å²) in [6.45, 7) is 2.74. The molecular weight excluding hydrogens is 158 g/mol. The first kappa shape index (κ1) is 9.36. The van der Waals surface area contributed by atoms with Gasteiger partial charge in [-0.15, -0.1) is 0 Å². The van der Waals surface area contributed by atoms with E-state index in [1.807, 2.05) is 11.8 Å². The first-order valence-corrected chi connectivity index (χ1v) is 5.38. The highest BCUT2D eigenvalue weighted by molar-refractivity contribution is 7.99. The number of hydrogen-bond donors (Lipinski definition) is 1. The molecule has 0 spiro atoms. The Bertz CT molecular complexity index is 94.1. The Morgan fingerprint density at radius 2 is 2.45 bits per heavy atom. The second-order valence-electron chi connectivity index (χ2n) is 2.85. The summed E-state index contributed by atoms with van der Waals surface area (Å²) in [6.07, 6.45) is 3.71. The third-order valence-electron chi connectivity index (χ3n) is 1.82. The summed E-state index contributed by atoms with van der Waals surface area (Å²) >= 11 is 2.02. The van der Waals surface area contributed by atoms with Crippen LogP contribution in [-0.2, 0) is 4.74 Å². The van der Waals surface area contributed by atoms with Crippen LogP contribution in [0.5, 0.6) is 0 Å². The predicted octanol–water partition coefficient (Wildman–Crippen LogP) is 1.25. The maximum Gasteiger partial charge on any atom is 0.0585 e. The van der Waals surface area contributed by atoms with E-state index in [2.05, 4.69) is 0 Å². The zero-order chi connectivity index (χ0) is 7.94. The molecule has 1 rings (SSSR count). The van der Waals surface area contributed by atoms with Gasteiger partial charge in [-0.05, 0) is 31.6 Å². The number of nitrogens with two attached hydrogens (primary N) is 1. The minimum absolute atomic E-state index is 0.746. The molecule has 1 saturated heterocycles. The van der Waals surface area contributed by atoms with Crippen molar-refractivity contribution in [3.63, 3.8) is 0 Å². The molecule has 1 fully saturated rings. The molecule has 1 unspecified atom stereocenters. The lowest BCUT2D eigenvalue weighted by Gasteiger charge is -2.21. The fraction of sp³-hybridized carbons (Fsp3) is 1.00. The Hall–Kier alpha value is 0.270. The molecule has 3 heteroatoms. The fourth-order valence-electron chi connectivity index (χ4n) is 1.18. The molecule has 11 heavy (non-hydrogen) atoms. The lowest BCUT2D eigenvalue weighted by molar-refractivity contribution is 0.101. The summed E-state index contributed by atoms with van der Waals surface area (Å²) in [5.41, 5.74) is 5.40. The smallest absolute Gasteiger partial charge is 0.0585 e. The highest BCUT2D eigenvalue weighted by atomic mass is 32.2. The van der Waals surface area contributed by atoms with Gasteiger partial charge in [0.25, 0.3) is 0 Å². The second-order valence-corrected chi connectivity index (χ2v) is 4.26. The zero-order valence-electron chi connectivity index (χ0n) is 6.92. The van der Waals surface area contributed by atoms with Gasteiger partial charge < -0.3 is 10.5 Å². The Kier molecular flexibility index (Phi) is 4.99. The van der Waals surface area contributed by atoms with Crippen molar-refractivity contribution in [2.45, 2.75) is 24.5 Å². The minimum atomic E-state index is 0.746. The molecule has 0 aromatic carbocycles. The topological polar surface area (TPSA) is 35.2 Å². The summed E-state index contributed by atoms with van der Waals surface area (Å²) in [5.74, 6) is 1.20. The lowest BCUT2D eigenvalue weighted by Crippen LogP contribution is -2.20. The van der Waals surface area contributed by atoms with Crippen LogP contribution in [-0.4, -0.2) is 30.8 Å². The molecule has 66 valence electrons. The van der Waals surface area contributed by atoms with Crippen molar-refractivity contribution in [3.05, 3.63) is 0 Å². The fourth-order valence-corrected chi connectivity index (χ4v) is 2.37. The van der Waals surface area contributed by atoms with E-state index in [0.29, 0.717) is 0 Å². The first-order chi connectivity index (χ1) is 5.43. The van der Waals surface area contributed by atoms with Crippen molar-refractivity contribution in [1.82, 2.24) is 0 Å². The van der Waals surface area contributed by atoms with Crippen LogP contribution < -0.4 is 5.73 Å². The van der Waals surface area contributed by atoms with Crippen LogP contribution in [0.2, 0.25) is 0 Å². The zero-order valence-corrected chi connectivity index (χ0v) is 7.74. The largest absolute Gasteiger partial charge is 0.380 e. The standard InChI is InChI=1S/C8H17NOS/c9-4-2-6-11-8-3-1-5-10-7-8/h8H,1-7,9H2. The average Bonchev–Trinajstić information content (AvgIpc) is 2.07. The molecule has 0 bridgehead atoms. The average molecular weight is 175 g/mol. The Morgan fingerprint density at radius 1 is 1.55 bits per heavy atom. The molecule has 1 heterocycles. The molecule has 0 aliphatic carbocycles. The van der Waals surface area contributed by atoms with Crippen LogP contribution in [0.3, 0.4) is 0 Å². The molecule has 0 amide bonds. The maximum atomic E-state index is 5.40. The molecule has 1 aliphatic heterocycles. The predicted molar refractivity (Wildman–Crippen MR) is 50.0 cm³/mol. The molecule has 0 radical (unpaired) electrons. The van der Waals surface area contributed by atoms with E-state index in [4.69, 9.17) is 10.5 Å². The van der Waals surface area contributed by atoms with Gasteiger partial charge in [0, 0.05) is 11.9 Å². The molecule has 2 nitrogen and oxygen atoms in total. The van der Waals surface area contributed by atoms with E-state index in [1.165, 1.54) is 18.6 Å². The molecule has 0 aromatic rings. The summed E-state index contributed by atoms with van der Waals surface area (Å²) in [7, 11) is 0. The summed E-state index contributed by atoms with van der Waals surface area (Å²) < 4.78 is 5.36. The third kappa shape index (κ3) is 3.99. The van der Waals surface area contributed by atoms with Gasteiger partial charge in [0.2, 0.25) is 0 Å². The van der Waals surface area contributed by atoms with Crippen molar-refractivity contribution in [3.8, 4) is 0 Å². The number of thioether (sulfide) groups is 1. The Balaban J connectivity index is 1.96. The normalized spacial score (nSPS) is 25.4. The SMILES string of the molecule is NCCCSC1CCCOC1. The minimum Gasteiger partial charge on any atom is -0.380 e. The number of ether oxygens (including phenoxy) is 1. The molecular formula is C8H17NOS. The van der Waals surface area contributed by atoms with Crippen molar-refractivity contribution < 1.29 is 4.74 Å². The van der Waals surface area contributed by atoms with Crippen LogP contribution in [0.15, 0.2) is 0 Å². The highest BCUT2D eigenvalue weighted by Gasteiger charge is 2.12. The lowest BCUT2D eigenvalue weighted by atomic mass is 10.2. The second kappa shape index (κ2) is 5.86. The summed E-state index contributed by atoms with van der Waals surface area (Å²) in [6, 6.07) is 0. The van der Waals surface area contributed by atoms with Crippen LogP contribution in [0.25, 0.3) is 0 Å². The van der Waals surface area contributed by atoms with Gasteiger partial charge in [-0.3, -0.25) is 0 Å². The van der Waals surface area contributed by atoms with Crippen molar-refractivity contribution >= 4 is 11.8 Å². The van der Waals surface area contributed by atoms with Crippen molar-refractivity contribution in [2.24, 2.45) is 5.73 Å². The molecule has 0 aromatic heterocycles. The third-order valence-corrected chi connectivity index (χ3v) is 3.19. The number of rotatable bonds is 4. The molecule has 0 saturated carbocycles. The van der Waals surface area contributed by atoms with Gasteiger partial charge in [0.05, 0.1) is 6.61 Å². The molecule has 1 aliphatic rings. The van der Waals surface area contributed by atoms with Gasteiger partial charge in [-0.1, -0.05) is 0 Å².